The first-order chi connectivity index (χ1) is 8.02. The molecule has 1 heterocycles. The molecule has 0 bridgehead atoms. The lowest BCUT2D eigenvalue weighted by Gasteiger charge is -2.04. The van der Waals surface area contributed by atoms with Crippen LogP contribution in [0, 0.1) is 18.6 Å². The van der Waals surface area contributed by atoms with E-state index in [-0.39, 0.29) is 11.3 Å². The summed E-state index contributed by atoms with van der Waals surface area (Å²) in [6, 6.07) is 2.06. The number of aryl methyl sites for hydroxylation is 1. The van der Waals surface area contributed by atoms with E-state index in [1.807, 2.05) is 0 Å². The lowest BCUT2D eigenvalue weighted by atomic mass is 10.2. The van der Waals surface area contributed by atoms with Gasteiger partial charge in [0, 0.05) is 11.6 Å². The van der Waals surface area contributed by atoms with Gasteiger partial charge in [-0.25, -0.2) is 13.8 Å². The van der Waals surface area contributed by atoms with Crippen molar-refractivity contribution in [1.29, 1.82) is 0 Å². The summed E-state index contributed by atoms with van der Waals surface area (Å²) in [5, 5.41) is 0.856. The normalized spacial score (nSPS) is 10.6. The maximum Gasteiger partial charge on any atom is 0.165 e. The molecule has 0 aliphatic carbocycles. The van der Waals surface area contributed by atoms with Crippen molar-refractivity contribution in [3.8, 4) is 16.3 Å². The Balaban J connectivity index is 2.56. The molecule has 6 heteroatoms. The number of halogens is 2. The zero-order valence-corrected chi connectivity index (χ0v) is 10.1. The van der Waals surface area contributed by atoms with Crippen LogP contribution in [0.1, 0.15) is 5.69 Å². The van der Waals surface area contributed by atoms with E-state index in [1.165, 1.54) is 7.11 Å². The van der Waals surface area contributed by atoms with Crippen molar-refractivity contribution in [2.75, 3.05) is 12.8 Å². The number of anilines is 1. The molecule has 0 saturated heterocycles. The summed E-state index contributed by atoms with van der Waals surface area (Å²) >= 11 is 1.12. The molecule has 0 atom stereocenters. The van der Waals surface area contributed by atoms with Gasteiger partial charge in [0.1, 0.15) is 15.8 Å². The number of nitrogens with two attached hydrogens (primary N) is 1. The van der Waals surface area contributed by atoms with E-state index in [4.69, 9.17) is 5.73 Å². The summed E-state index contributed by atoms with van der Waals surface area (Å²) in [6.07, 6.45) is 0. The molecule has 17 heavy (non-hydrogen) atoms. The number of hydrogen-bond acceptors (Lipinski definition) is 4. The zero-order valence-electron chi connectivity index (χ0n) is 9.25. The van der Waals surface area contributed by atoms with Crippen LogP contribution in [0.2, 0.25) is 0 Å². The summed E-state index contributed by atoms with van der Waals surface area (Å²) in [5.41, 5.74) is 6.34. The molecule has 2 aromatic rings. The number of rotatable bonds is 2. The van der Waals surface area contributed by atoms with Gasteiger partial charge in [-0.3, -0.25) is 0 Å². The van der Waals surface area contributed by atoms with Crippen LogP contribution in [0.25, 0.3) is 10.6 Å². The van der Waals surface area contributed by atoms with E-state index in [0.717, 1.165) is 23.5 Å². The first-order valence-corrected chi connectivity index (χ1v) is 5.61. The number of thiazole rings is 1. The Bertz CT molecular complexity index is 549. The average Bonchev–Trinajstić information content (AvgIpc) is 2.61. The molecule has 1 aromatic carbocycles. The van der Waals surface area contributed by atoms with Gasteiger partial charge < -0.3 is 10.5 Å². The quantitative estimate of drug-likeness (QED) is 0.898. The second-order valence-corrected chi connectivity index (χ2v) is 4.47. The molecule has 0 amide bonds. The molecule has 0 spiro atoms. The standard InChI is InChI=1S/C11H10F2N2OS/c1-5-10(14)17-11(15-5)6-3-8(13)9(16-2)4-7(6)12/h3-4H,14H2,1-2H3. The number of benzene rings is 1. The summed E-state index contributed by atoms with van der Waals surface area (Å²) < 4.78 is 31.9. The van der Waals surface area contributed by atoms with Crippen LogP contribution in [0.15, 0.2) is 12.1 Å². The monoisotopic (exact) mass is 256 g/mol. The van der Waals surface area contributed by atoms with Crippen LogP contribution in [-0.4, -0.2) is 12.1 Å². The third kappa shape index (κ3) is 2.08. The fraction of sp³-hybridized carbons (Fsp3) is 0.182. The van der Waals surface area contributed by atoms with Gasteiger partial charge in [-0.05, 0) is 13.0 Å². The highest BCUT2D eigenvalue weighted by Crippen LogP contribution is 2.33. The average molecular weight is 256 g/mol. The molecule has 0 saturated carbocycles. The van der Waals surface area contributed by atoms with Crippen LogP contribution in [0.3, 0.4) is 0 Å². The number of nitrogens with zero attached hydrogens (tertiary/aromatic N) is 1. The van der Waals surface area contributed by atoms with Crippen LogP contribution in [0.5, 0.6) is 5.75 Å². The predicted molar refractivity (Wildman–Crippen MR) is 63.2 cm³/mol. The Hall–Kier alpha value is -1.69. The zero-order chi connectivity index (χ0) is 12.6. The molecular formula is C11H10F2N2OS. The van der Waals surface area contributed by atoms with Gasteiger partial charge in [0.2, 0.25) is 0 Å². The van der Waals surface area contributed by atoms with Crippen molar-refractivity contribution in [2.24, 2.45) is 0 Å². The SMILES string of the molecule is COc1cc(F)c(-c2nc(C)c(N)s2)cc1F. The van der Waals surface area contributed by atoms with Crippen molar-refractivity contribution >= 4 is 16.3 Å². The first kappa shape index (κ1) is 11.8. The Kier molecular flexibility index (Phi) is 2.97. The van der Waals surface area contributed by atoms with E-state index < -0.39 is 11.6 Å². The highest BCUT2D eigenvalue weighted by atomic mass is 32.1. The summed E-state index contributed by atoms with van der Waals surface area (Å²) in [4.78, 5) is 4.08. The van der Waals surface area contributed by atoms with Gasteiger partial charge in [0.25, 0.3) is 0 Å². The minimum Gasteiger partial charge on any atom is -0.494 e. The Labute approximate surface area is 101 Å². The van der Waals surface area contributed by atoms with E-state index in [2.05, 4.69) is 9.72 Å². The van der Waals surface area contributed by atoms with Crippen molar-refractivity contribution in [1.82, 2.24) is 4.98 Å². The largest absolute Gasteiger partial charge is 0.494 e. The molecule has 2 N–H and O–H groups in total. The second-order valence-electron chi connectivity index (χ2n) is 3.44. The fourth-order valence-corrected chi connectivity index (χ4v) is 2.22. The Morgan fingerprint density at radius 3 is 2.53 bits per heavy atom. The number of nitrogen functional groups attached to an aromatic ring is 1. The van der Waals surface area contributed by atoms with E-state index in [1.54, 1.807) is 6.92 Å². The molecule has 90 valence electrons. The minimum absolute atomic E-state index is 0.0908. The number of aromatic nitrogens is 1. The summed E-state index contributed by atoms with van der Waals surface area (Å²) in [7, 11) is 1.28. The topological polar surface area (TPSA) is 48.1 Å². The highest BCUT2D eigenvalue weighted by Gasteiger charge is 2.15. The third-order valence-corrected chi connectivity index (χ3v) is 3.32. The lowest BCUT2D eigenvalue weighted by Crippen LogP contribution is -1.92. The third-order valence-electron chi connectivity index (χ3n) is 2.30. The molecule has 0 radical (unpaired) electrons. The van der Waals surface area contributed by atoms with Gasteiger partial charge >= 0.3 is 0 Å². The van der Waals surface area contributed by atoms with Gasteiger partial charge in [0.15, 0.2) is 11.6 Å². The van der Waals surface area contributed by atoms with E-state index in [9.17, 15) is 8.78 Å². The lowest BCUT2D eigenvalue weighted by molar-refractivity contribution is 0.383. The van der Waals surface area contributed by atoms with Gasteiger partial charge in [-0.15, -0.1) is 0 Å². The smallest absolute Gasteiger partial charge is 0.165 e. The number of ether oxygens (including phenoxy) is 1. The van der Waals surface area contributed by atoms with Crippen molar-refractivity contribution in [3.05, 3.63) is 29.5 Å². The second kappa shape index (κ2) is 4.29. The first-order valence-electron chi connectivity index (χ1n) is 4.79. The molecule has 3 nitrogen and oxygen atoms in total. The van der Waals surface area contributed by atoms with Gasteiger partial charge in [-0.1, -0.05) is 11.3 Å². The van der Waals surface area contributed by atoms with Gasteiger partial charge in [0.05, 0.1) is 12.8 Å². The van der Waals surface area contributed by atoms with Gasteiger partial charge in [-0.2, -0.15) is 0 Å². The summed E-state index contributed by atoms with van der Waals surface area (Å²) in [6.45, 7) is 1.72. The molecule has 0 aliphatic rings. The number of methoxy groups -OCH3 is 1. The van der Waals surface area contributed by atoms with E-state index in [0.29, 0.717) is 15.7 Å². The molecule has 0 aliphatic heterocycles. The minimum atomic E-state index is -0.629. The van der Waals surface area contributed by atoms with Crippen LogP contribution in [0.4, 0.5) is 13.8 Å². The van der Waals surface area contributed by atoms with Crippen molar-refractivity contribution in [3.63, 3.8) is 0 Å². The summed E-state index contributed by atoms with van der Waals surface area (Å²) in [5.74, 6) is -1.35. The molecular weight excluding hydrogens is 246 g/mol. The Morgan fingerprint density at radius 1 is 1.29 bits per heavy atom. The number of hydrogen-bond donors (Lipinski definition) is 1. The molecule has 2 rings (SSSR count). The predicted octanol–water partition coefficient (Wildman–Crippen LogP) is 2.99. The maximum absolute atomic E-state index is 13.7. The molecule has 0 fully saturated rings. The van der Waals surface area contributed by atoms with Crippen molar-refractivity contribution < 1.29 is 13.5 Å². The van der Waals surface area contributed by atoms with Crippen LogP contribution < -0.4 is 10.5 Å². The van der Waals surface area contributed by atoms with Crippen LogP contribution in [-0.2, 0) is 0 Å². The van der Waals surface area contributed by atoms with Crippen molar-refractivity contribution in [2.45, 2.75) is 6.92 Å². The highest BCUT2D eigenvalue weighted by molar-refractivity contribution is 7.18. The fourth-order valence-electron chi connectivity index (χ4n) is 1.37. The molecule has 0 unspecified atom stereocenters. The van der Waals surface area contributed by atoms with E-state index >= 15 is 0 Å². The van der Waals surface area contributed by atoms with Crippen LogP contribution >= 0.6 is 11.3 Å². The maximum atomic E-state index is 13.7. The molecule has 1 aromatic heterocycles. The Morgan fingerprint density at radius 2 is 2.00 bits per heavy atom.